The van der Waals surface area contributed by atoms with Gasteiger partial charge in [-0.25, -0.2) is 9.59 Å². The van der Waals surface area contributed by atoms with Crippen LogP contribution in [0.1, 0.15) is 57.8 Å². The minimum Gasteiger partial charge on any atom is -0.480 e. The summed E-state index contributed by atoms with van der Waals surface area (Å²) in [5.74, 6) is -4.75. The first kappa shape index (κ1) is 31.2. The molecule has 0 spiro atoms. The van der Waals surface area contributed by atoms with Gasteiger partial charge in [0.15, 0.2) is 0 Å². The molecule has 38 heavy (non-hydrogen) atoms. The van der Waals surface area contributed by atoms with Crippen molar-refractivity contribution in [1.82, 2.24) is 10.6 Å². The maximum Gasteiger partial charge on any atom is 0.340 e. The Morgan fingerprint density at radius 1 is 0.921 bits per heavy atom. The van der Waals surface area contributed by atoms with Crippen molar-refractivity contribution in [1.29, 1.82) is 0 Å². The van der Waals surface area contributed by atoms with Crippen molar-refractivity contribution in [2.75, 3.05) is 0 Å². The van der Waals surface area contributed by atoms with E-state index in [0.29, 0.717) is 6.42 Å². The van der Waals surface area contributed by atoms with E-state index < -0.39 is 46.0 Å². The first-order chi connectivity index (χ1) is 17.8. The lowest BCUT2D eigenvalue weighted by Gasteiger charge is -2.44. The molecule has 3 unspecified atom stereocenters. The zero-order valence-corrected chi connectivity index (χ0v) is 23.9. The van der Waals surface area contributed by atoms with Crippen LogP contribution in [0.2, 0.25) is 0 Å². The highest BCUT2D eigenvalue weighted by Crippen LogP contribution is 2.48. The number of benzene rings is 2. The number of carboxylic acids is 2. The van der Waals surface area contributed by atoms with E-state index >= 15 is 0 Å². The molecule has 206 valence electrons. The molecular formula is C28H36N2O6S2. The van der Waals surface area contributed by atoms with Crippen LogP contribution in [0.4, 0.5) is 0 Å². The first-order valence-electron chi connectivity index (χ1n) is 12.4. The largest absolute Gasteiger partial charge is 0.480 e. The Morgan fingerprint density at radius 3 is 1.95 bits per heavy atom. The SMILES string of the molecule is CCC(C)(C)C(SSc1ccccc1)C(NC(=O)c1ccccc1)(C(=O)O)C(=O)NC(CC(C)C)C(=O)O. The van der Waals surface area contributed by atoms with Gasteiger partial charge in [-0.2, -0.15) is 0 Å². The van der Waals surface area contributed by atoms with Gasteiger partial charge in [0.25, 0.3) is 11.8 Å². The minimum absolute atomic E-state index is 0.0829. The fourth-order valence-corrected chi connectivity index (χ4v) is 7.35. The highest BCUT2D eigenvalue weighted by molar-refractivity contribution is 8.77. The smallest absolute Gasteiger partial charge is 0.340 e. The molecule has 10 heteroatoms. The Hall–Kier alpha value is -2.98. The summed E-state index contributed by atoms with van der Waals surface area (Å²) in [5.41, 5.74) is -3.08. The van der Waals surface area contributed by atoms with Crippen LogP contribution >= 0.6 is 21.6 Å². The molecule has 0 saturated carbocycles. The molecule has 0 fully saturated rings. The fourth-order valence-electron chi connectivity index (χ4n) is 3.86. The third-order valence-corrected chi connectivity index (χ3v) is 9.54. The molecule has 0 radical (unpaired) electrons. The Kier molecular flexibility index (Phi) is 11.3. The van der Waals surface area contributed by atoms with Gasteiger partial charge in [0, 0.05) is 10.5 Å². The van der Waals surface area contributed by atoms with Gasteiger partial charge in [-0.15, -0.1) is 0 Å². The number of carbonyl (C=O) groups excluding carboxylic acids is 2. The van der Waals surface area contributed by atoms with E-state index in [9.17, 15) is 29.4 Å². The van der Waals surface area contributed by atoms with Crippen LogP contribution in [0.5, 0.6) is 0 Å². The number of aliphatic carboxylic acids is 2. The zero-order chi connectivity index (χ0) is 28.5. The molecule has 4 N–H and O–H groups in total. The summed E-state index contributed by atoms with van der Waals surface area (Å²) >= 11 is 0. The highest BCUT2D eigenvalue weighted by atomic mass is 33.1. The topological polar surface area (TPSA) is 133 Å². The number of carbonyl (C=O) groups is 4. The van der Waals surface area contributed by atoms with Gasteiger partial charge in [-0.1, -0.05) is 92.6 Å². The third kappa shape index (κ3) is 7.77. The molecule has 2 amide bonds. The van der Waals surface area contributed by atoms with E-state index in [2.05, 4.69) is 10.6 Å². The Morgan fingerprint density at radius 2 is 1.47 bits per heavy atom. The zero-order valence-electron chi connectivity index (χ0n) is 22.3. The average molecular weight is 561 g/mol. The van der Waals surface area contributed by atoms with Gasteiger partial charge < -0.3 is 20.8 Å². The summed E-state index contributed by atoms with van der Waals surface area (Å²) in [6, 6.07) is 16.0. The molecule has 0 aliphatic heterocycles. The maximum absolute atomic E-state index is 14.0. The number of amides is 2. The predicted molar refractivity (Wildman–Crippen MR) is 151 cm³/mol. The van der Waals surface area contributed by atoms with E-state index in [1.165, 1.54) is 33.7 Å². The van der Waals surface area contributed by atoms with Crippen LogP contribution in [-0.4, -0.2) is 50.8 Å². The second kappa shape index (κ2) is 13.7. The Labute approximate surface area is 231 Å². The molecule has 2 rings (SSSR count). The highest BCUT2D eigenvalue weighted by Gasteiger charge is 2.59. The van der Waals surface area contributed by atoms with Gasteiger partial charge in [-0.05, 0) is 48.4 Å². The summed E-state index contributed by atoms with van der Waals surface area (Å²) in [5, 5.41) is 24.5. The van der Waals surface area contributed by atoms with E-state index in [-0.39, 0.29) is 17.9 Å². The standard InChI is InChI=1S/C28H36N2O6S2/c1-6-27(4,5)24(38-37-20-15-11-8-12-16-20)28(26(35)36,30-22(31)19-13-9-7-10-14-19)25(34)29-21(23(32)33)17-18(2)3/h7-16,18,21,24H,6,17H2,1-5H3,(H,29,34)(H,30,31)(H,32,33)(H,35,36). The molecule has 0 aliphatic rings. The quantitative estimate of drug-likeness (QED) is 0.185. The lowest BCUT2D eigenvalue weighted by atomic mass is 9.74. The second-order valence-electron chi connectivity index (χ2n) is 10.1. The van der Waals surface area contributed by atoms with Gasteiger partial charge in [-0.3, -0.25) is 9.59 Å². The van der Waals surface area contributed by atoms with Crippen LogP contribution in [-0.2, 0) is 14.4 Å². The lowest BCUT2D eigenvalue weighted by Crippen LogP contribution is -2.72. The minimum atomic E-state index is -2.48. The Balaban J connectivity index is 2.67. The summed E-state index contributed by atoms with van der Waals surface area (Å²) < 4.78 is 0. The summed E-state index contributed by atoms with van der Waals surface area (Å²) in [4.78, 5) is 53.4. The lowest BCUT2D eigenvalue weighted by molar-refractivity contribution is -0.154. The molecular weight excluding hydrogens is 524 g/mol. The van der Waals surface area contributed by atoms with Crippen LogP contribution in [0.25, 0.3) is 0 Å². The van der Waals surface area contributed by atoms with Gasteiger partial charge in [0.2, 0.25) is 5.54 Å². The van der Waals surface area contributed by atoms with E-state index in [1.54, 1.807) is 32.0 Å². The molecule has 0 heterocycles. The Bertz CT molecular complexity index is 1110. The summed E-state index contributed by atoms with van der Waals surface area (Å²) in [7, 11) is 2.47. The van der Waals surface area contributed by atoms with E-state index in [4.69, 9.17) is 0 Å². The predicted octanol–water partition coefficient (Wildman–Crippen LogP) is 5.10. The van der Waals surface area contributed by atoms with Crippen molar-refractivity contribution in [2.24, 2.45) is 11.3 Å². The number of hydrogen-bond donors (Lipinski definition) is 4. The number of hydrogen-bond acceptors (Lipinski definition) is 6. The molecule has 2 aromatic carbocycles. The molecule has 0 aliphatic carbocycles. The van der Waals surface area contributed by atoms with Crippen LogP contribution in [0, 0.1) is 11.3 Å². The van der Waals surface area contributed by atoms with Crippen molar-refractivity contribution in [2.45, 2.75) is 69.2 Å². The molecule has 2 aromatic rings. The van der Waals surface area contributed by atoms with Crippen LogP contribution in [0.15, 0.2) is 65.6 Å². The number of nitrogens with one attached hydrogen (secondary N) is 2. The molecule has 8 nitrogen and oxygen atoms in total. The van der Waals surface area contributed by atoms with Gasteiger partial charge in [0.1, 0.15) is 6.04 Å². The van der Waals surface area contributed by atoms with Gasteiger partial charge in [0.05, 0.1) is 5.25 Å². The summed E-state index contributed by atoms with van der Waals surface area (Å²) in [6.45, 7) is 9.15. The fraction of sp³-hybridized carbons (Fsp3) is 0.429. The van der Waals surface area contributed by atoms with Crippen molar-refractivity contribution in [3.8, 4) is 0 Å². The first-order valence-corrected chi connectivity index (χ1v) is 14.6. The van der Waals surface area contributed by atoms with Crippen molar-refractivity contribution in [3.05, 3.63) is 66.2 Å². The number of carboxylic acid groups (broad SMARTS) is 2. The van der Waals surface area contributed by atoms with Gasteiger partial charge >= 0.3 is 11.9 Å². The van der Waals surface area contributed by atoms with Crippen molar-refractivity contribution < 1.29 is 29.4 Å². The average Bonchev–Trinajstić information content (AvgIpc) is 2.87. The van der Waals surface area contributed by atoms with E-state index in [1.807, 2.05) is 51.1 Å². The van der Waals surface area contributed by atoms with Crippen molar-refractivity contribution in [3.63, 3.8) is 0 Å². The molecule has 3 atom stereocenters. The van der Waals surface area contributed by atoms with Crippen LogP contribution < -0.4 is 10.6 Å². The van der Waals surface area contributed by atoms with Crippen LogP contribution in [0.3, 0.4) is 0 Å². The number of rotatable bonds is 14. The second-order valence-corrected chi connectivity index (χ2v) is 12.5. The summed E-state index contributed by atoms with van der Waals surface area (Å²) in [6.07, 6.45) is 0.578. The van der Waals surface area contributed by atoms with E-state index in [0.717, 1.165) is 4.90 Å². The molecule has 0 aromatic heterocycles. The van der Waals surface area contributed by atoms with Crippen molar-refractivity contribution >= 4 is 45.3 Å². The normalized spacial score (nSPS) is 14.7. The maximum atomic E-state index is 14.0. The molecule has 0 saturated heterocycles. The third-order valence-electron chi connectivity index (χ3n) is 6.35. The molecule has 0 bridgehead atoms. The monoisotopic (exact) mass is 560 g/mol.